The minimum absolute atomic E-state index is 0.0571. The molecule has 5 aliphatic heterocycles. The largest absolute Gasteiger partial charge is 0.382 e. The van der Waals surface area contributed by atoms with Crippen LogP contribution in [0.5, 0.6) is 0 Å². The maximum atomic E-state index is 14.7. The first-order valence-electron chi connectivity index (χ1n) is 29.0. The van der Waals surface area contributed by atoms with Gasteiger partial charge in [-0.25, -0.2) is 13.8 Å². The quantitative estimate of drug-likeness (QED) is 0.0500. The van der Waals surface area contributed by atoms with Crippen LogP contribution < -0.4 is 26.6 Å². The molecular formula is C59H78F2N12O9S. The molecule has 2 aromatic carbocycles. The highest BCUT2D eigenvalue weighted by Crippen LogP contribution is 2.42. The third kappa shape index (κ3) is 15.7. The van der Waals surface area contributed by atoms with E-state index in [1.807, 2.05) is 17.2 Å². The second-order valence-corrected chi connectivity index (χ2v) is 22.7. The molecular weight excluding hydrogens is 1090 g/mol. The molecule has 7 heterocycles. The number of nitrogens with zero attached hydrogens (tertiary/aromatic N) is 8. The molecule has 9 rings (SSSR count). The number of pyridine rings is 1. The Balaban J connectivity index is 0.622. The van der Waals surface area contributed by atoms with Gasteiger partial charge in [-0.2, -0.15) is 5.10 Å². The first kappa shape index (κ1) is 61.2. The highest BCUT2D eigenvalue weighted by molar-refractivity contribution is 8.14. The van der Waals surface area contributed by atoms with Crippen molar-refractivity contribution in [1.82, 2.24) is 45.4 Å². The molecule has 24 heteroatoms. The predicted octanol–water partition coefficient (Wildman–Crippen LogP) is 4.50. The molecule has 2 bridgehead atoms. The van der Waals surface area contributed by atoms with Crippen LogP contribution in [0.15, 0.2) is 65.9 Å². The molecule has 5 atom stereocenters. The summed E-state index contributed by atoms with van der Waals surface area (Å²) in [6, 6.07) is 9.54. The Morgan fingerprint density at radius 1 is 0.819 bits per heavy atom. The van der Waals surface area contributed by atoms with Gasteiger partial charge in [0.2, 0.25) is 17.7 Å². The van der Waals surface area contributed by atoms with E-state index in [-0.39, 0.29) is 67.0 Å². The van der Waals surface area contributed by atoms with Gasteiger partial charge in [-0.1, -0.05) is 0 Å². The number of hydrogen-bond acceptors (Lipinski definition) is 17. The van der Waals surface area contributed by atoms with Crippen LogP contribution in [0.25, 0.3) is 11.1 Å². The van der Waals surface area contributed by atoms with E-state index in [2.05, 4.69) is 30.7 Å². The van der Waals surface area contributed by atoms with Gasteiger partial charge in [-0.15, -0.1) is 11.8 Å². The van der Waals surface area contributed by atoms with Crippen molar-refractivity contribution >= 4 is 57.7 Å². The fourth-order valence-electron chi connectivity index (χ4n) is 11.5. The van der Waals surface area contributed by atoms with Gasteiger partial charge in [0.25, 0.3) is 5.91 Å². The SMILES string of the molecule is CN[C@H](C)C(=O)N[C@@H](C(=O)N1CCC[C@@H]1C1=NC(C(=O)c2ccc(F)cc2)CS1)C1CCN(CCOCCOCCOCCOCCC(=O)NCCn2cc3c(n2)CN(C)C(=O)c2ccc(F)cc2[C@H]2CCCN2c2cc-3cnc2N)CC1. The second kappa shape index (κ2) is 29.4. The molecule has 3 saturated heterocycles. The lowest BCUT2D eigenvalue weighted by molar-refractivity contribution is -0.138. The molecule has 2 aromatic heterocycles. The summed E-state index contributed by atoms with van der Waals surface area (Å²) in [5, 5.41) is 14.6. The molecule has 4 aromatic rings. The third-order valence-electron chi connectivity index (χ3n) is 16.2. The van der Waals surface area contributed by atoms with Crippen molar-refractivity contribution in [1.29, 1.82) is 0 Å². The first-order valence-corrected chi connectivity index (χ1v) is 30.0. The number of fused-ring (bicyclic) bond motifs is 8. The molecule has 4 amide bonds. The van der Waals surface area contributed by atoms with E-state index in [1.165, 1.54) is 48.2 Å². The number of ketones is 1. The van der Waals surface area contributed by atoms with Gasteiger partial charge in [-0.3, -0.25) is 33.6 Å². The van der Waals surface area contributed by atoms with E-state index in [4.69, 9.17) is 34.8 Å². The number of Topliss-reactive ketones (excluding diaryl/α,β-unsaturated/α-hetero) is 1. The lowest BCUT2D eigenvalue weighted by atomic mass is 9.88. The van der Waals surface area contributed by atoms with Crippen LogP contribution in [0.4, 0.5) is 20.3 Å². The molecule has 1 unspecified atom stereocenters. The summed E-state index contributed by atoms with van der Waals surface area (Å²) < 4.78 is 52.8. The summed E-state index contributed by atoms with van der Waals surface area (Å²) >= 11 is 1.49. The second-order valence-electron chi connectivity index (χ2n) is 21.7. The molecule has 0 saturated carbocycles. The maximum absolute atomic E-state index is 14.7. The average Bonchev–Trinajstić information content (AvgIpc) is 3.48. The molecule has 0 aliphatic carbocycles. The molecule has 5 N–H and O–H groups in total. The number of aromatic nitrogens is 3. The lowest BCUT2D eigenvalue weighted by Crippen LogP contribution is -2.58. The number of nitrogens with one attached hydrogen (secondary N) is 3. The number of nitrogen functional groups attached to an aromatic ring is 1. The smallest absolute Gasteiger partial charge is 0.254 e. The minimum Gasteiger partial charge on any atom is -0.382 e. The van der Waals surface area contributed by atoms with Gasteiger partial charge in [-0.05, 0) is 126 Å². The number of rotatable bonds is 26. The van der Waals surface area contributed by atoms with E-state index in [9.17, 15) is 32.8 Å². The topological polar surface area (TPSA) is 240 Å². The van der Waals surface area contributed by atoms with E-state index >= 15 is 0 Å². The van der Waals surface area contributed by atoms with E-state index in [1.54, 1.807) is 42.9 Å². The van der Waals surface area contributed by atoms with Crippen molar-refractivity contribution in [3.63, 3.8) is 0 Å². The van der Waals surface area contributed by atoms with Gasteiger partial charge in [0.15, 0.2) is 5.78 Å². The maximum Gasteiger partial charge on any atom is 0.254 e. The number of ether oxygens (including phenoxy) is 4. The number of piperidine rings is 1. The Labute approximate surface area is 487 Å². The van der Waals surface area contributed by atoms with E-state index < -0.39 is 29.8 Å². The Morgan fingerprint density at radius 3 is 2.24 bits per heavy atom. The number of carbonyl (C=O) groups is 5. The number of thioether (sulfide) groups is 1. The number of likely N-dealkylation sites (tertiary alicyclic amines) is 2. The zero-order valence-corrected chi connectivity index (χ0v) is 48.5. The fraction of sp³-hybridized carbons (Fsp3) is 0.559. The highest BCUT2D eigenvalue weighted by Gasteiger charge is 2.43. The monoisotopic (exact) mass is 1170 g/mol. The zero-order valence-electron chi connectivity index (χ0n) is 47.7. The lowest BCUT2D eigenvalue weighted by Gasteiger charge is -2.38. The van der Waals surface area contributed by atoms with Gasteiger partial charge in [0.1, 0.15) is 29.5 Å². The molecule has 83 heavy (non-hydrogen) atoms. The van der Waals surface area contributed by atoms with Gasteiger partial charge in [0.05, 0.1) is 100 Å². The van der Waals surface area contributed by atoms with Crippen LogP contribution in [0.2, 0.25) is 0 Å². The Kier molecular flexibility index (Phi) is 21.7. The van der Waals surface area contributed by atoms with Crippen LogP contribution in [0, 0.1) is 17.6 Å². The standard InChI is InChI=1S/C59H78F2N12O9S/c1-38(63-2)56(76)67-53(59(78)73-19-5-7-50(73)57-66-48(37-83-57)54(75)40-8-10-42(60)11-9-40)39-14-20-70(21-15-39)23-25-80-27-29-82-31-30-81-28-26-79-24-16-52(74)64-17-22-71-35-46-41-32-51(55(62)65-34-41)72-18-4-6-49(72)45-33-43(61)12-13-44(45)58(77)69(3)36-47(46)68-71/h8-13,32-35,38-39,48-50,53,63H,4-7,14-31,36-37H2,1-3H3,(H2,62,65)(H,64,74)(H,67,76)/t38-,48?,49-,50-,53-/m1/s1. The molecule has 0 spiro atoms. The van der Waals surface area contributed by atoms with Crippen LogP contribution in [0.3, 0.4) is 0 Å². The summed E-state index contributed by atoms with van der Waals surface area (Å²) in [6.45, 7) is 9.21. The molecule has 0 radical (unpaired) electrons. The third-order valence-corrected chi connectivity index (χ3v) is 17.3. The molecule has 21 nitrogen and oxygen atoms in total. The van der Waals surface area contributed by atoms with Crippen molar-refractivity contribution in [2.45, 2.75) is 95.2 Å². The fourth-order valence-corrected chi connectivity index (χ4v) is 12.7. The van der Waals surface area contributed by atoms with Crippen LogP contribution in [-0.2, 0) is 46.4 Å². The summed E-state index contributed by atoms with van der Waals surface area (Å²) in [4.78, 5) is 84.7. The highest BCUT2D eigenvalue weighted by atomic mass is 32.2. The van der Waals surface area contributed by atoms with Gasteiger partial charge < -0.3 is 60.2 Å². The minimum atomic E-state index is -0.695. The Hall–Kier alpha value is -6.41. The van der Waals surface area contributed by atoms with Gasteiger partial charge >= 0.3 is 0 Å². The number of carbonyl (C=O) groups excluding carboxylic acids is 5. The van der Waals surface area contributed by atoms with E-state index in [0.29, 0.717) is 106 Å². The van der Waals surface area contributed by atoms with Crippen molar-refractivity contribution in [3.05, 3.63) is 94.9 Å². The number of anilines is 2. The summed E-state index contributed by atoms with van der Waals surface area (Å²) in [5.74, 6) is -0.966. The van der Waals surface area contributed by atoms with Crippen molar-refractivity contribution in [2.75, 3.05) is 123 Å². The molecule has 5 aliphatic rings. The predicted molar refractivity (Wildman–Crippen MR) is 311 cm³/mol. The van der Waals surface area contributed by atoms with Crippen LogP contribution in [0.1, 0.15) is 89.9 Å². The Morgan fingerprint density at radius 2 is 1.51 bits per heavy atom. The van der Waals surface area contributed by atoms with E-state index in [0.717, 1.165) is 80.0 Å². The zero-order chi connectivity index (χ0) is 58.4. The summed E-state index contributed by atoms with van der Waals surface area (Å²) in [6.07, 6.45) is 8.34. The van der Waals surface area contributed by atoms with Gasteiger partial charge in [0, 0.05) is 80.0 Å². The number of hydrogen-bond donors (Lipinski definition) is 4. The van der Waals surface area contributed by atoms with Crippen LogP contribution in [-0.4, -0.2) is 200 Å². The molecule has 448 valence electrons. The van der Waals surface area contributed by atoms with Crippen LogP contribution >= 0.6 is 11.8 Å². The number of likely N-dealkylation sites (N-methyl/N-ethyl adjacent to an activating group) is 1. The normalized spacial score (nSPS) is 20.0. The number of benzene rings is 2. The van der Waals surface area contributed by atoms with Crippen molar-refractivity contribution in [2.24, 2.45) is 10.9 Å². The average molecular weight is 1170 g/mol. The Bertz CT molecular complexity index is 2930. The number of nitrogens with two attached hydrogens (primary N) is 1. The molecule has 3 fully saturated rings. The number of amides is 4. The number of aliphatic imine (C=N–C) groups is 1. The summed E-state index contributed by atoms with van der Waals surface area (Å²) in [7, 11) is 3.42. The van der Waals surface area contributed by atoms with Crippen molar-refractivity contribution in [3.8, 4) is 11.1 Å². The number of halogens is 2. The summed E-state index contributed by atoms with van der Waals surface area (Å²) in [5.41, 5.74) is 10.9. The first-order chi connectivity index (χ1) is 40.3. The van der Waals surface area contributed by atoms with Crippen molar-refractivity contribution < 1.29 is 51.7 Å².